The fraction of sp³-hybridized carbons (Fsp3) is 1.00. The zero-order valence-corrected chi connectivity index (χ0v) is 13.2. The molecule has 3 heteroatoms. The van der Waals surface area contributed by atoms with Crippen LogP contribution in [0.25, 0.3) is 0 Å². The van der Waals surface area contributed by atoms with E-state index >= 15 is 0 Å². The highest BCUT2D eigenvalue weighted by Gasteiger charge is 2.46. The zero-order chi connectivity index (χ0) is 13.2. The molecule has 2 heterocycles. The van der Waals surface area contributed by atoms with Crippen LogP contribution in [0, 0.1) is 5.41 Å². The fourth-order valence-corrected chi connectivity index (χ4v) is 5.46. The van der Waals surface area contributed by atoms with E-state index in [0.29, 0.717) is 16.2 Å². The summed E-state index contributed by atoms with van der Waals surface area (Å²) in [4.78, 5) is 2.74. The first-order chi connectivity index (χ1) is 8.62. The summed E-state index contributed by atoms with van der Waals surface area (Å²) < 4.78 is 0. The molecule has 0 spiro atoms. The Morgan fingerprint density at radius 2 is 1.78 bits per heavy atom. The third kappa shape index (κ3) is 2.34. The maximum absolute atomic E-state index is 6.17. The Bertz CT molecular complexity index is 268. The van der Waals surface area contributed by atoms with Crippen molar-refractivity contribution in [1.29, 1.82) is 0 Å². The van der Waals surface area contributed by atoms with Crippen molar-refractivity contribution in [2.24, 2.45) is 11.1 Å². The van der Waals surface area contributed by atoms with Gasteiger partial charge in [-0.3, -0.25) is 4.90 Å². The molecule has 18 heavy (non-hydrogen) atoms. The minimum absolute atomic E-state index is 0.304. The van der Waals surface area contributed by atoms with Crippen molar-refractivity contribution in [3.05, 3.63) is 0 Å². The molecule has 106 valence electrons. The summed E-state index contributed by atoms with van der Waals surface area (Å²) in [6.07, 6.45) is 6.73. The summed E-state index contributed by atoms with van der Waals surface area (Å²) >= 11 is 2.11. The van der Waals surface area contributed by atoms with Crippen LogP contribution in [-0.4, -0.2) is 41.1 Å². The van der Waals surface area contributed by atoms with Crippen LogP contribution >= 0.6 is 11.8 Å². The van der Waals surface area contributed by atoms with Gasteiger partial charge in [0.1, 0.15) is 0 Å². The van der Waals surface area contributed by atoms with Gasteiger partial charge in [0, 0.05) is 17.3 Å². The van der Waals surface area contributed by atoms with Crippen LogP contribution < -0.4 is 5.73 Å². The largest absolute Gasteiger partial charge is 0.329 e. The molecular weight excluding hydrogens is 240 g/mol. The number of likely N-dealkylation sites (tertiary alicyclic amines) is 1. The van der Waals surface area contributed by atoms with E-state index in [9.17, 15) is 0 Å². The second kappa shape index (κ2) is 5.72. The molecule has 0 bridgehead atoms. The van der Waals surface area contributed by atoms with E-state index in [2.05, 4.69) is 37.4 Å². The molecule has 2 aliphatic rings. The summed E-state index contributed by atoms with van der Waals surface area (Å²) in [5.74, 6) is 1.29. The number of nitrogens with two attached hydrogens (primary N) is 1. The van der Waals surface area contributed by atoms with Crippen molar-refractivity contribution in [3.8, 4) is 0 Å². The quantitative estimate of drug-likeness (QED) is 0.851. The van der Waals surface area contributed by atoms with Crippen molar-refractivity contribution in [3.63, 3.8) is 0 Å². The first-order valence-electron chi connectivity index (χ1n) is 7.69. The van der Waals surface area contributed by atoms with E-state index < -0.39 is 0 Å². The van der Waals surface area contributed by atoms with Gasteiger partial charge in [0.25, 0.3) is 0 Å². The summed E-state index contributed by atoms with van der Waals surface area (Å²) in [7, 11) is 0. The zero-order valence-electron chi connectivity index (χ0n) is 12.4. The van der Waals surface area contributed by atoms with Crippen molar-refractivity contribution >= 4 is 11.8 Å². The molecule has 2 atom stereocenters. The number of nitrogens with zero attached hydrogens (tertiary/aromatic N) is 1. The highest BCUT2D eigenvalue weighted by molar-refractivity contribution is 8.00. The highest BCUT2D eigenvalue weighted by Crippen LogP contribution is 2.45. The van der Waals surface area contributed by atoms with Crippen LogP contribution in [0.1, 0.15) is 52.9 Å². The van der Waals surface area contributed by atoms with Gasteiger partial charge in [0.2, 0.25) is 0 Å². The Labute approximate surface area is 117 Å². The predicted molar refractivity (Wildman–Crippen MR) is 82.1 cm³/mol. The molecule has 0 saturated carbocycles. The maximum Gasteiger partial charge on any atom is 0.0455 e. The van der Waals surface area contributed by atoms with Gasteiger partial charge in [-0.25, -0.2) is 0 Å². The molecule has 2 saturated heterocycles. The number of piperidine rings is 1. The molecule has 0 amide bonds. The number of thioether (sulfide) groups is 1. The van der Waals surface area contributed by atoms with E-state index in [4.69, 9.17) is 5.73 Å². The van der Waals surface area contributed by atoms with E-state index in [1.807, 2.05) is 0 Å². The summed E-state index contributed by atoms with van der Waals surface area (Å²) in [6.45, 7) is 10.5. The second-order valence-electron chi connectivity index (χ2n) is 6.26. The van der Waals surface area contributed by atoms with Crippen molar-refractivity contribution < 1.29 is 0 Å². The topological polar surface area (TPSA) is 29.3 Å². The van der Waals surface area contributed by atoms with E-state index in [1.54, 1.807) is 0 Å². The summed E-state index contributed by atoms with van der Waals surface area (Å²) in [5, 5.41) is 0.707. The molecule has 0 aromatic heterocycles. The molecule has 0 aromatic carbocycles. The summed E-state index contributed by atoms with van der Waals surface area (Å²) in [5.41, 5.74) is 7.10. The predicted octanol–water partition coefficient (Wildman–Crippen LogP) is 3.11. The number of hydrogen-bond donors (Lipinski definition) is 1. The lowest BCUT2D eigenvalue weighted by Crippen LogP contribution is -2.60. The fourth-order valence-electron chi connectivity index (χ4n) is 3.97. The highest BCUT2D eigenvalue weighted by atomic mass is 32.2. The molecule has 2 nitrogen and oxygen atoms in total. The summed E-state index contributed by atoms with van der Waals surface area (Å²) in [6, 6.07) is 0. The molecule has 2 rings (SSSR count). The van der Waals surface area contributed by atoms with Crippen molar-refractivity contribution in [2.75, 3.05) is 25.4 Å². The van der Waals surface area contributed by atoms with Gasteiger partial charge < -0.3 is 5.73 Å². The van der Waals surface area contributed by atoms with Crippen LogP contribution in [0.3, 0.4) is 0 Å². The standard InChI is InChI=1S/C15H30N2S/c1-4-14(5-2)6-9-17(10-7-14)15(12-16)8-11-18-13(15)3/h13H,4-12,16H2,1-3H3. The molecule has 2 aliphatic heterocycles. The van der Waals surface area contributed by atoms with Gasteiger partial charge in [-0.05, 0) is 43.5 Å². The van der Waals surface area contributed by atoms with Gasteiger partial charge >= 0.3 is 0 Å². The molecule has 2 N–H and O–H groups in total. The van der Waals surface area contributed by atoms with Gasteiger partial charge in [-0.15, -0.1) is 0 Å². The Kier molecular flexibility index (Phi) is 4.66. The van der Waals surface area contributed by atoms with E-state index in [1.165, 1.54) is 50.9 Å². The van der Waals surface area contributed by atoms with Crippen molar-refractivity contribution in [2.45, 2.75) is 63.7 Å². The normalized spacial score (nSPS) is 37.0. The first kappa shape index (κ1) is 14.7. The molecule has 0 radical (unpaired) electrons. The Morgan fingerprint density at radius 1 is 1.17 bits per heavy atom. The Morgan fingerprint density at radius 3 is 2.17 bits per heavy atom. The molecule has 2 fully saturated rings. The lowest BCUT2D eigenvalue weighted by molar-refractivity contribution is 0.0184. The van der Waals surface area contributed by atoms with Crippen LogP contribution in [0.15, 0.2) is 0 Å². The Hall–Kier alpha value is 0.270. The Balaban J connectivity index is 2.04. The SMILES string of the molecule is CCC1(CC)CCN(C2(CN)CCSC2C)CC1. The maximum atomic E-state index is 6.17. The van der Waals surface area contributed by atoms with Gasteiger partial charge in [0.15, 0.2) is 0 Å². The molecule has 2 unspecified atom stereocenters. The van der Waals surface area contributed by atoms with Crippen LogP contribution in [-0.2, 0) is 0 Å². The van der Waals surface area contributed by atoms with Gasteiger partial charge in [-0.2, -0.15) is 11.8 Å². The van der Waals surface area contributed by atoms with E-state index in [0.717, 1.165) is 6.54 Å². The van der Waals surface area contributed by atoms with Crippen molar-refractivity contribution in [1.82, 2.24) is 4.90 Å². The lowest BCUT2D eigenvalue weighted by Gasteiger charge is -2.50. The molecule has 0 aromatic rings. The minimum Gasteiger partial charge on any atom is -0.329 e. The third-order valence-corrected chi connectivity index (χ3v) is 7.35. The first-order valence-corrected chi connectivity index (χ1v) is 8.74. The minimum atomic E-state index is 0.304. The average Bonchev–Trinajstić information content (AvgIpc) is 2.81. The van der Waals surface area contributed by atoms with Gasteiger partial charge in [-0.1, -0.05) is 33.6 Å². The molecular formula is C15H30N2S. The third-order valence-electron chi connectivity index (χ3n) is 5.97. The second-order valence-corrected chi connectivity index (χ2v) is 7.71. The van der Waals surface area contributed by atoms with Crippen LogP contribution in [0.2, 0.25) is 0 Å². The van der Waals surface area contributed by atoms with Crippen LogP contribution in [0.4, 0.5) is 0 Å². The number of rotatable bonds is 4. The van der Waals surface area contributed by atoms with E-state index in [-0.39, 0.29) is 0 Å². The lowest BCUT2D eigenvalue weighted by atomic mass is 9.73. The monoisotopic (exact) mass is 270 g/mol. The van der Waals surface area contributed by atoms with Gasteiger partial charge in [0.05, 0.1) is 0 Å². The number of hydrogen-bond acceptors (Lipinski definition) is 3. The van der Waals surface area contributed by atoms with Crippen LogP contribution in [0.5, 0.6) is 0 Å². The average molecular weight is 270 g/mol. The smallest absolute Gasteiger partial charge is 0.0455 e. The molecule has 0 aliphatic carbocycles.